The summed E-state index contributed by atoms with van der Waals surface area (Å²) in [6.07, 6.45) is 6.06. The van der Waals surface area contributed by atoms with Gasteiger partial charge in [0.15, 0.2) is 11.6 Å². The zero-order chi connectivity index (χ0) is 66.2. The molecule has 96 heavy (non-hydrogen) atoms. The Balaban J connectivity index is 0.000000149. The molecule has 2 radical (unpaired) electrons. The van der Waals surface area contributed by atoms with Crippen molar-refractivity contribution in [2.75, 3.05) is 0 Å². The van der Waals surface area contributed by atoms with Crippen molar-refractivity contribution in [3.63, 3.8) is 0 Å². The number of ketones is 2. The molecule has 482 valence electrons. The van der Waals surface area contributed by atoms with Crippen molar-refractivity contribution in [2.45, 2.75) is 66.2 Å². The molecule has 0 saturated carbocycles. The summed E-state index contributed by atoms with van der Waals surface area (Å²) < 4.78 is 5.82. The second-order valence-corrected chi connectivity index (χ2v) is 25.6. The van der Waals surface area contributed by atoms with Crippen LogP contribution in [0.5, 0.6) is 0 Å². The Bertz CT molecular complexity index is 5320. The summed E-state index contributed by atoms with van der Waals surface area (Å²) in [6.45, 7) is 14.9. The molecule has 10 nitrogen and oxygen atoms in total. The summed E-state index contributed by atoms with van der Waals surface area (Å²) in [6, 6.07) is 82.9. The third-order valence-electron chi connectivity index (χ3n) is 17.5. The fraction of sp³-hybridized carbons (Fsp3) is 0.122. The molecule has 2 aliphatic rings. The Hall–Kier alpha value is -9.20. The van der Waals surface area contributed by atoms with Crippen molar-refractivity contribution < 1.29 is 70.1 Å². The van der Waals surface area contributed by atoms with E-state index < -0.39 is 7.12 Å². The zero-order valence-corrected chi connectivity index (χ0v) is 60.5. The van der Waals surface area contributed by atoms with Gasteiger partial charge in [0.25, 0.3) is 0 Å². The summed E-state index contributed by atoms with van der Waals surface area (Å²) in [7, 11) is -1.46. The van der Waals surface area contributed by atoms with E-state index in [1.807, 2.05) is 67.0 Å². The van der Waals surface area contributed by atoms with Gasteiger partial charge < -0.3 is 39.4 Å². The van der Waals surface area contributed by atoms with E-state index in [0.29, 0.717) is 5.46 Å². The largest absolute Gasteiger partial charge is 0.512 e. The normalized spacial score (nSPS) is 12.8. The second-order valence-electron chi connectivity index (χ2n) is 24.7. The molecule has 4 aromatic heterocycles. The summed E-state index contributed by atoms with van der Waals surface area (Å²) in [4.78, 5) is 29.2. The maximum absolute atomic E-state index is 10.0. The van der Waals surface area contributed by atoms with E-state index >= 15 is 0 Å². The van der Waals surface area contributed by atoms with Gasteiger partial charge in [0, 0.05) is 97.1 Å². The van der Waals surface area contributed by atoms with E-state index in [2.05, 4.69) is 228 Å². The van der Waals surface area contributed by atoms with Gasteiger partial charge in [0.1, 0.15) is 0 Å². The van der Waals surface area contributed by atoms with E-state index in [1.165, 1.54) is 123 Å². The van der Waals surface area contributed by atoms with Gasteiger partial charge in [-0.3, -0.25) is 9.59 Å². The van der Waals surface area contributed by atoms with E-state index in [4.69, 9.17) is 15.2 Å². The zero-order valence-electron chi connectivity index (χ0n) is 54.1. The first kappa shape index (κ1) is 69.6. The standard InChI is InChI=1S/C36H25N2.C21H18BNO2.C15H9BrN.2C5H8O2.2Ir/c1-36(2)30-14-5-6-16-33(30)38-32-18-17-25(22-29(32)28-13-8-15-31(36)35(28)38)24-10-7-11-26(21-24)34-27-12-4-3-9-23(27)19-20-37-34;1-21(2)16-7-3-4-9-19(16)23-18-11-10-13(22(24)25)12-15(18)14-6-5-8-17(21)20(14)23;16-13-6-3-5-12(10-13)15-14-7-2-1-4-11(14)8-9-17-15;2*1-4(6)3-5(2)7;;/h3-10,12-22H,1-2H3;3-12,24-25H,1-2H3;1-4,6-10H;2*3,6H,1-2H3;;/q-1;;-1;;;;. The van der Waals surface area contributed by atoms with Crippen molar-refractivity contribution >= 4 is 105 Å². The van der Waals surface area contributed by atoms with E-state index in [0.717, 1.165) is 54.0 Å². The molecule has 0 saturated heterocycles. The van der Waals surface area contributed by atoms with Crippen LogP contribution in [0.3, 0.4) is 0 Å². The average molecular weight is 1680 g/mol. The average Bonchev–Trinajstić information content (AvgIpc) is 1.66. The van der Waals surface area contributed by atoms with Crippen LogP contribution < -0.4 is 5.46 Å². The molecule has 0 amide bonds. The number of pyridine rings is 2. The first-order chi connectivity index (χ1) is 45.2. The van der Waals surface area contributed by atoms with Crippen LogP contribution in [0.1, 0.15) is 77.6 Å². The molecular weight excluding hydrogens is 1610 g/mol. The number of para-hydroxylation sites is 4. The van der Waals surface area contributed by atoms with Gasteiger partial charge in [0.2, 0.25) is 0 Å². The maximum atomic E-state index is 10.0. The third-order valence-corrected chi connectivity index (χ3v) is 18.0. The van der Waals surface area contributed by atoms with Crippen LogP contribution in [-0.2, 0) is 60.6 Å². The summed E-state index contributed by atoms with van der Waals surface area (Å²) in [5, 5.41) is 45.4. The van der Waals surface area contributed by atoms with Gasteiger partial charge in [-0.15, -0.1) is 65.2 Å². The first-order valence-corrected chi connectivity index (χ1v) is 31.8. The van der Waals surface area contributed by atoms with Crippen LogP contribution in [0.2, 0.25) is 0 Å². The summed E-state index contributed by atoms with van der Waals surface area (Å²) >= 11 is 3.48. The minimum atomic E-state index is -1.46. The summed E-state index contributed by atoms with van der Waals surface area (Å²) in [5.74, 6) is -0.125. The van der Waals surface area contributed by atoms with Gasteiger partial charge in [-0.25, -0.2) is 0 Å². The van der Waals surface area contributed by atoms with E-state index in [9.17, 15) is 19.6 Å². The number of rotatable bonds is 6. The quantitative estimate of drug-likeness (QED) is 0.0556. The Morgan fingerprint density at radius 1 is 0.458 bits per heavy atom. The number of hydrogen-bond acceptors (Lipinski definition) is 8. The van der Waals surface area contributed by atoms with Gasteiger partial charge >= 0.3 is 7.12 Å². The third kappa shape index (κ3) is 13.7. The van der Waals surface area contributed by atoms with Gasteiger partial charge in [-0.2, -0.15) is 0 Å². The molecule has 14 aromatic rings. The molecule has 0 atom stereocenters. The number of allylic oxidation sites excluding steroid dienone is 4. The number of carbonyl (C=O) groups is 2. The Morgan fingerprint density at radius 3 is 1.34 bits per heavy atom. The minimum Gasteiger partial charge on any atom is -0.512 e. The SMILES string of the molecule is Brc1cc[c-]c(-c2nccc3ccccc23)c1.CC(=O)C=C(C)O.CC(=O)C=C(C)O.CC1(C)c2ccccc2-n2c3ccc(-c4cc[c-]c(-c5nccc6ccccc56)c4)cc3c3cccc1c32.CC1(C)c2ccccc2-n2c3ccc(B(O)O)cc3c3cccc1c32.[Ir].[Ir]. The Morgan fingerprint density at radius 2 is 0.875 bits per heavy atom. The molecule has 0 spiro atoms. The molecule has 10 aromatic carbocycles. The van der Waals surface area contributed by atoms with Crippen LogP contribution >= 0.6 is 15.9 Å². The van der Waals surface area contributed by atoms with Crippen LogP contribution in [0.15, 0.2) is 259 Å². The van der Waals surface area contributed by atoms with Crippen molar-refractivity contribution in [3.05, 3.63) is 293 Å². The monoisotopic (exact) mass is 1680 g/mol. The van der Waals surface area contributed by atoms with E-state index in [-0.39, 0.29) is 74.1 Å². The molecule has 0 unspecified atom stereocenters. The van der Waals surface area contributed by atoms with Crippen LogP contribution in [0.25, 0.3) is 110 Å². The number of benzene rings is 10. The minimum absolute atomic E-state index is 0. The Labute approximate surface area is 594 Å². The fourth-order valence-corrected chi connectivity index (χ4v) is 13.7. The van der Waals surface area contributed by atoms with Crippen molar-refractivity contribution in [1.82, 2.24) is 19.1 Å². The molecule has 0 aliphatic carbocycles. The number of halogens is 1. The molecule has 0 fully saturated rings. The van der Waals surface area contributed by atoms with E-state index in [1.54, 1.807) is 6.07 Å². The Kier molecular flexibility index (Phi) is 21.1. The molecule has 16 rings (SSSR count). The number of aliphatic hydroxyl groups is 2. The molecule has 14 heteroatoms. The van der Waals surface area contributed by atoms with Crippen molar-refractivity contribution in [3.8, 4) is 45.0 Å². The molecule has 4 N–H and O–H groups in total. The predicted molar refractivity (Wildman–Crippen MR) is 389 cm³/mol. The molecular formula is C82H68BBrIr2N4O6-2. The maximum Gasteiger partial charge on any atom is 0.488 e. The topological polar surface area (TPSA) is 151 Å². The first-order valence-electron chi connectivity index (χ1n) is 31.1. The predicted octanol–water partition coefficient (Wildman–Crippen LogP) is 18.7. The molecule has 2 aliphatic heterocycles. The van der Waals surface area contributed by atoms with Crippen molar-refractivity contribution in [1.29, 1.82) is 0 Å². The van der Waals surface area contributed by atoms with Crippen LogP contribution in [0, 0.1) is 12.1 Å². The van der Waals surface area contributed by atoms with Gasteiger partial charge in [-0.05, 0) is 136 Å². The van der Waals surface area contributed by atoms with Gasteiger partial charge in [0.05, 0.1) is 45.0 Å². The smallest absolute Gasteiger partial charge is 0.488 e. The van der Waals surface area contributed by atoms with Crippen LogP contribution in [-0.4, -0.2) is 58.0 Å². The molecule has 6 heterocycles. The number of aromatic nitrogens is 4. The van der Waals surface area contributed by atoms with Crippen LogP contribution in [0.4, 0.5) is 0 Å². The number of hydrogen-bond donors (Lipinski definition) is 4. The summed E-state index contributed by atoms with van der Waals surface area (Å²) in [5.41, 5.74) is 19.4. The number of carbonyl (C=O) groups excluding carboxylic acids is 2. The number of aliphatic hydroxyl groups excluding tert-OH is 2. The van der Waals surface area contributed by atoms with Gasteiger partial charge in [-0.1, -0.05) is 188 Å². The fourth-order valence-electron chi connectivity index (χ4n) is 13.3. The number of fused-ring (bicyclic) bond motifs is 12. The second kappa shape index (κ2) is 29.0. The molecule has 0 bridgehead atoms. The number of nitrogens with zero attached hydrogens (tertiary/aromatic N) is 4. The van der Waals surface area contributed by atoms with Crippen molar-refractivity contribution in [2.24, 2.45) is 0 Å².